The third kappa shape index (κ3) is 12.0. The van der Waals surface area contributed by atoms with Gasteiger partial charge in [-0.2, -0.15) is 0 Å². The molecule has 18 heteroatoms. The molecule has 1 aliphatic heterocycles. The fraction of sp³-hybridized carbons (Fsp3) is 0.396. The molecule has 1 atom stereocenters. The normalized spacial score (nSPS) is 13.3. The Bertz CT molecular complexity index is 2610. The lowest BCUT2D eigenvalue weighted by atomic mass is 9.95. The summed E-state index contributed by atoms with van der Waals surface area (Å²) in [6.45, 7) is 13.9. The fourth-order valence-corrected chi connectivity index (χ4v) is 8.08. The molecular weight excluding hydrogens is 845 g/mol. The Balaban J connectivity index is 1.10. The van der Waals surface area contributed by atoms with Gasteiger partial charge < -0.3 is 46.5 Å². The van der Waals surface area contributed by atoms with Crippen LogP contribution >= 0.6 is 0 Å². The lowest BCUT2D eigenvalue weighted by molar-refractivity contribution is -0.123. The van der Waals surface area contributed by atoms with Crippen molar-refractivity contribution in [3.05, 3.63) is 116 Å². The number of primary amides is 2. The maximum absolute atomic E-state index is 13.2. The minimum Gasteiger partial charge on any atom is -0.385 e. The highest BCUT2D eigenvalue weighted by atomic mass is 16.5. The average Bonchev–Trinajstić information content (AvgIpc) is 3.77. The number of fused-ring (bicyclic) bond motifs is 2. The largest absolute Gasteiger partial charge is 0.385 e. The van der Waals surface area contributed by atoms with E-state index >= 15 is 0 Å². The zero-order valence-corrected chi connectivity index (χ0v) is 38.5. The van der Waals surface area contributed by atoms with Crippen molar-refractivity contribution >= 4 is 58.0 Å². The summed E-state index contributed by atoms with van der Waals surface area (Å²) in [6, 6.07) is 9.56. The van der Waals surface area contributed by atoms with Crippen LogP contribution in [0.5, 0.6) is 0 Å². The van der Waals surface area contributed by atoms with Gasteiger partial charge in [0, 0.05) is 78.2 Å². The molecule has 18 nitrogen and oxygen atoms in total. The van der Waals surface area contributed by atoms with E-state index in [1.165, 1.54) is 6.07 Å². The number of nitrogens with two attached hydrogens (primary N) is 3. The molecule has 0 spiro atoms. The van der Waals surface area contributed by atoms with Crippen LogP contribution in [-0.4, -0.2) is 101 Å². The van der Waals surface area contributed by atoms with Gasteiger partial charge >= 0.3 is 0 Å². The van der Waals surface area contributed by atoms with Crippen LogP contribution in [0.3, 0.4) is 0 Å². The summed E-state index contributed by atoms with van der Waals surface area (Å²) < 4.78 is 7.74. The molecule has 2 aromatic carbocycles. The Morgan fingerprint density at radius 2 is 1.71 bits per heavy atom. The number of allylic oxidation sites excluding steroid dienone is 3. The van der Waals surface area contributed by atoms with Gasteiger partial charge in [0.05, 0.1) is 42.6 Å². The highest BCUT2D eigenvalue weighted by Crippen LogP contribution is 2.33. The maximum Gasteiger partial charge on any atom is 0.264 e. The zero-order chi connectivity index (χ0) is 48.2. The summed E-state index contributed by atoms with van der Waals surface area (Å²) in [6.07, 6.45) is 7.15. The summed E-state index contributed by atoms with van der Waals surface area (Å²) in [5.74, 6) is -2.21. The number of H-pyrrole nitrogens is 1. The van der Waals surface area contributed by atoms with Gasteiger partial charge in [-0.1, -0.05) is 12.1 Å². The highest BCUT2D eigenvalue weighted by molar-refractivity contribution is 6.24. The maximum atomic E-state index is 13.2. The molecule has 4 aromatic rings. The smallest absolute Gasteiger partial charge is 0.264 e. The number of carbonyl (C=O) groups is 6. The number of imide groups is 1. The number of amides is 5. The van der Waals surface area contributed by atoms with E-state index in [9.17, 15) is 33.6 Å². The summed E-state index contributed by atoms with van der Waals surface area (Å²) in [5.41, 5.74) is 30.2. The Morgan fingerprint density at radius 1 is 0.955 bits per heavy atom. The number of hydrazine groups is 1. The number of aromatic amines is 1. The zero-order valence-electron chi connectivity index (χ0n) is 38.5. The molecule has 5 amide bonds. The van der Waals surface area contributed by atoms with Gasteiger partial charge in [-0.15, -0.1) is 0 Å². The van der Waals surface area contributed by atoms with Crippen LogP contribution in [0.15, 0.2) is 65.4 Å². The number of carbonyl (C=O) groups excluding carboxylic acids is 6. The van der Waals surface area contributed by atoms with Gasteiger partial charge in [0.1, 0.15) is 6.29 Å². The number of ether oxygens (including phenoxy) is 1. The van der Waals surface area contributed by atoms with Crippen molar-refractivity contribution in [3.63, 3.8) is 0 Å². The molecule has 0 aliphatic carbocycles. The lowest BCUT2D eigenvalue weighted by Gasteiger charge is -2.23. The second-order valence-corrected chi connectivity index (χ2v) is 16.6. The van der Waals surface area contributed by atoms with Crippen LogP contribution in [0, 0.1) is 13.8 Å². The molecule has 66 heavy (non-hydrogen) atoms. The Labute approximate surface area is 383 Å². The first kappa shape index (κ1) is 50.0. The number of aldehydes is 1. The molecule has 3 heterocycles. The molecule has 0 saturated carbocycles. The molecule has 0 radical (unpaired) electrons. The molecule has 2 aromatic heterocycles. The lowest BCUT2D eigenvalue weighted by Crippen LogP contribution is -2.43. The fourth-order valence-electron chi connectivity index (χ4n) is 8.08. The van der Waals surface area contributed by atoms with Gasteiger partial charge in [-0.05, 0) is 119 Å². The van der Waals surface area contributed by atoms with E-state index < -0.39 is 29.7 Å². The number of hydrogen-bond donors (Lipinski definition) is 7. The quantitative estimate of drug-likeness (QED) is 0.0166. The predicted octanol–water partition coefficient (Wildman–Crippen LogP) is 3.51. The minimum absolute atomic E-state index is 0.0622. The van der Waals surface area contributed by atoms with Crippen molar-refractivity contribution in [2.45, 2.75) is 85.7 Å². The number of benzene rings is 2. The second kappa shape index (κ2) is 22.7. The van der Waals surface area contributed by atoms with Crippen LogP contribution in [0.4, 0.5) is 5.69 Å². The number of likely N-dealkylation sites (N-methyl/N-ethyl adjacent to an activating group) is 1. The van der Waals surface area contributed by atoms with E-state index in [2.05, 4.69) is 51.8 Å². The minimum atomic E-state index is -1.12. The first-order valence-corrected chi connectivity index (χ1v) is 22.1. The molecule has 352 valence electrons. The Hall–Kier alpha value is -7.05. The summed E-state index contributed by atoms with van der Waals surface area (Å²) >= 11 is 0. The first-order valence-electron chi connectivity index (χ1n) is 22.1. The van der Waals surface area contributed by atoms with Crippen molar-refractivity contribution in [2.24, 2.45) is 17.2 Å². The third-order valence-electron chi connectivity index (χ3n) is 11.6. The monoisotopic (exact) mass is 906 g/mol. The van der Waals surface area contributed by atoms with Gasteiger partial charge in [0.25, 0.3) is 17.4 Å². The standard InChI is InChI=1S/C48H62N10O8/c1-7-56(20-18-53-55-42(61)17-21-66-22-19-52-38-10-8-9-36-44(38)48(65)58(47(36)64)34(27-59)13-16-41(50)60)40(49)15-11-29(4)33-24-37(45(51)62)43-32(26-57(28(2)3)39(43)25-33)12-14-35-30(5)23-31(6)54-46(35)63/h8-11,15,23-28,34,52-53H,7,12-14,16-22,49H2,1-6H3,(H2,50,60)(H2,51,62)(H,54,63)(H,55,61)/b29-11+,40-15+. The Morgan fingerprint density at radius 3 is 2.38 bits per heavy atom. The molecule has 0 fully saturated rings. The van der Waals surface area contributed by atoms with Crippen LogP contribution in [0.1, 0.15) is 112 Å². The molecule has 0 bridgehead atoms. The SMILES string of the molecule is CCN(CCNNC(=O)CCOCCNc1cccc2c1C(=O)N(C(C=O)CCC(N)=O)C2=O)/C(N)=C/C=C(\C)c1cc(C(N)=O)c2c(CCc3c(C)cc(C)[nH]c3=O)cn(C(C)C)c2c1. The predicted molar refractivity (Wildman–Crippen MR) is 253 cm³/mol. The third-order valence-corrected chi connectivity index (χ3v) is 11.6. The number of rotatable bonds is 25. The van der Waals surface area contributed by atoms with Crippen molar-refractivity contribution in [3.8, 4) is 0 Å². The van der Waals surface area contributed by atoms with E-state index in [-0.39, 0.29) is 67.7 Å². The summed E-state index contributed by atoms with van der Waals surface area (Å²) in [5, 5.41) is 3.87. The number of pyridine rings is 1. The first-order chi connectivity index (χ1) is 31.5. The van der Waals surface area contributed by atoms with Crippen LogP contribution < -0.4 is 38.9 Å². The molecule has 1 aliphatic rings. The number of aryl methyl sites for hydroxylation is 3. The Kier molecular flexibility index (Phi) is 17.2. The number of anilines is 1. The van der Waals surface area contributed by atoms with E-state index in [4.69, 9.17) is 21.9 Å². The molecule has 5 rings (SSSR count). The number of hydrogen-bond acceptors (Lipinski definition) is 12. The summed E-state index contributed by atoms with van der Waals surface area (Å²) in [7, 11) is 0. The van der Waals surface area contributed by atoms with Gasteiger partial charge in [0.15, 0.2) is 0 Å². The van der Waals surface area contributed by atoms with Crippen LogP contribution in [0.25, 0.3) is 16.5 Å². The van der Waals surface area contributed by atoms with Crippen molar-refractivity contribution in [2.75, 3.05) is 44.7 Å². The van der Waals surface area contributed by atoms with Crippen molar-refractivity contribution in [1.29, 1.82) is 0 Å². The average molecular weight is 907 g/mol. The number of aromatic nitrogens is 2. The molecule has 10 N–H and O–H groups in total. The van der Waals surface area contributed by atoms with E-state index in [1.807, 2.05) is 50.8 Å². The molecule has 0 saturated heterocycles. The van der Waals surface area contributed by atoms with Gasteiger partial charge in [-0.3, -0.25) is 39.1 Å². The van der Waals surface area contributed by atoms with Crippen LogP contribution in [-0.2, 0) is 32.0 Å². The molecule has 1 unspecified atom stereocenters. The highest BCUT2D eigenvalue weighted by Gasteiger charge is 2.41. The van der Waals surface area contributed by atoms with Gasteiger partial charge in [-0.25, -0.2) is 5.43 Å². The summed E-state index contributed by atoms with van der Waals surface area (Å²) in [4.78, 5) is 93.0. The molecular formula is C48H62N10O8. The van der Waals surface area contributed by atoms with E-state index in [1.54, 1.807) is 18.2 Å². The number of nitrogens with one attached hydrogen (secondary N) is 4. The van der Waals surface area contributed by atoms with E-state index in [0.717, 1.165) is 49.3 Å². The topological polar surface area (TPSA) is 270 Å². The second-order valence-electron chi connectivity index (χ2n) is 16.6. The van der Waals surface area contributed by atoms with E-state index in [0.29, 0.717) is 55.8 Å². The van der Waals surface area contributed by atoms with Crippen LogP contribution in [0.2, 0.25) is 0 Å². The van der Waals surface area contributed by atoms with Gasteiger partial charge in [0.2, 0.25) is 17.7 Å². The van der Waals surface area contributed by atoms with Crippen molar-refractivity contribution in [1.82, 2.24) is 30.2 Å². The number of nitrogens with zero attached hydrogens (tertiary/aromatic N) is 3. The van der Waals surface area contributed by atoms with Crippen molar-refractivity contribution < 1.29 is 33.5 Å².